The summed E-state index contributed by atoms with van der Waals surface area (Å²) in [5.74, 6) is -1.27. The van der Waals surface area contributed by atoms with Crippen LogP contribution in [0, 0.1) is 6.92 Å². The van der Waals surface area contributed by atoms with E-state index >= 15 is 0 Å². The molecule has 1 aliphatic rings. The first-order valence-electron chi connectivity index (χ1n) is 8.03. The molecule has 138 valence electrons. The Balaban J connectivity index is 1.72. The first-order chi connectivity index (χ1) is 12.8. The van der Waals surface area contributed by atoms with E-state index < -0.39 is 24.4 Å². The van der Waals surface area contributed by atoms with Crippen molar-refractivity contribution in [3.8, 4) is 5.75 Å². The predicted molar refractivity (Wildman–Crippen MR) is 101 cm³/mol. The van der Waals surface area contributed by atoms with Crippen LogP contribution >= 0.6 is 11.6 Å². The van der Waals surface area contributed by atoms with Crippen LogP contribution in [0.1, 0.15) is 11.1 Å². The van der Waals surface area contributed by atoms with Gasteiger partial charge in [-0.05, 0) is 43.3 Å². The molecule has 1 aliphatic heterocycles. The molecule has 0 saturated carbocycles. The molecule has 4 amide bonds. The number of rotatable bonds is 4. The van der Waals surface area contributed by atoms with Gasteiger partial charge < -0.3 is 15.7 Å². The number of phenols is 1. The molecule has 2 aromatic rings. The third kappa shape index (κ3) is 4.27. The molecule has 0 spiro atoms. The Morgan fingerprint density at radius 2 is 1.93 bits per heavy atom. The van der Waals surface area contributed by atoms with E-state index in [2.05, 4.69) is 10.6 Å². The van der Waals surface area contributed by atoms with E-state index in [1.165, 1.54) is 24.3 Å². The van der Waals surface area contributed by atoms with Crippen LogP contribution in [0.3, 0.4) is 0 Å². The molecule has 3 N–H and O–H groups in total. The Hall–Kier alpha value is -3.32. The molecule has 3 rings (SSSR count). The minimum atomic E-state index is -0.716. The lowest BCUT2D eigenvalue weighted by molar-refractivity contribution is -0.127. The second-order valence-electron chi connectivity index (χ2n) is 6.00. The van der Waals surface area contributed by atoms with Crippen LogP contribution in [0.2, 0.25) is 5.02 Å². The maximum Gasteiger partial charge on any atom is 0.329 e. The second-order valence-corrected chi connectivity index (χ2v) is 6.43. The topological polar surface area (TPSA) is 98.7 Å². The number of anilines is 1. The Kier molecular flexibility index (Phi) is 5.14. The lowest BCUT2D eigenvalue weighted by Gasteiger charge is -2.12. The molecule has 0 aliphatic carbocycles. The summed E-state index contributed by atoms with van der Waals surface area (Å²) in [4.78, 5) is 37.4. The quantitative estimate of drug-likeness (QED) is 0.556. The fourth-order valence-electron chi connectivity index (χ4n) is 2.49. The molecular formula is C19H16ClN3O4. The normalized spacial score (nSPS) is 15.2. The maximum atomic E-state index is 12.4. The number of halogens is 1. The van der Waals surface area contributed by atoms with E-state index in [-0.39, 0.29) is 17.0 Å². The summed E-state index contributed by atoms with van der Waals surface area (Å²) in [5, 5.41) is 15.2. The minimum absolute atomic E-state index is 0.0549. The summed E-state index contributed by atoms with van der Waals surface area (Å²) in [6.07, 6.45) is 1.30. The van der Waals surface area contributed by atoms with Gasteiger partial charge >= 0.3 is 6.03 Å². The van der Waals surface area contributed by atoms with E-state index in [9.17, 15) is 19.5 Å². The van der Waals surface area contributed by atoms with Crippen LogP contribution < -0.4 is 10.6 Å². The molecule has 1 heterocycles. The molecule has 8 heteroatoms. The number of hydrogen-bond acceptors (Lipinski definition) is 4. The van der Waals surface area contributed by atoms with Crippen molar-refractivity contribution in [2.75, 3.05) is 11.9 Å². The Morgan fingerprint density at radius 3 is 2.63 bits per heavy atom. The number of imide groups is 1. The van der Waals surface area contributed by atoms with E-state index in [4.69, 9.17) is 11.6 Å². The van der Waals surface area contributed by atoms with Crippen LogP contribution in [0.5, 0.6) is 5.75 Å². The summed E-state index contributed by atoms with van der Waals surface area (Å²) >= 11 is 5.88. The summed E-state index contributed by atoms with van der Waals surface area (Å²) in [5.41, 5.74) is 1.83. The number of nitrogens with one attached hydrogen (secondary N) is 2. The average Bonchev–Trinajstić information content (AvgIpc) is 2.87. The first-order valence-corrected chi connectivity index (χ1v) is 8.41. The summed E-state index contributed by atoms with van der Waals surface area (Å²) in [6, 6.07) is 10.7. The number of urea groups is 1. The highest BCUT2D eigenvalue weighted by molar-refractivity contribution is 6.30. The number of hydrogen-bond donors (Lipinski definition) is 3. The monoisotopic (exact) mass is 385 g/mol. The van der Waals surface area contributed by atoms with Gasteiger partial charge in [0.05, 0.1) is 0 Å². The summed E-state index contributed by atoms with van der Waals surface area (Å²) in [6.45, 7) is 1.49. The van der Waals surface area contributed by atoms with Crippen molar-refractivity contribution < 1.29 is 19.5 Å². The highest BCUT2D eigenvalue weighted by atomic mass is 35.5. The Bertz CT molecular complexity index is 954. The maximum absolute atomic E-state index is 12.4. The highest BCUT2D eigenvalue weighted by Gasteiger charge is 2.35. The fourth-order valence-corrected chi connectivity index (χ4v) is 2.67. The molecule has 1 saturated heterocycles. The van der Waals surface area contributed by atoms with E-state index in [1.807, 2.05) is 19.1 Å². The molecule has 2 aromatic carbocycles. The molecule has 0 radical (unpaired) electrons. The molecular weight excluding hydrogens is 370 g/mol. The van der Waals surface area contributed by atoms with Crippen molar-refractivity contribution in [3.63, 3.8) is 0 Å². The predicted octanol–water partition coefficient (Wildman–Crippen LogP) is 2.89. The minimum Gasteiger partial charge on any atom is -0.507 e. The lowest BCUT2D eigenvalue weighted by Crippen LogP contribution is -2.38. The van der Waals surface area contributed by atoms with Gasteiger partial charge in [0.25, 0.3) is 5.91 Å². The highest BCUT2D eigenvalue weighted by Crippen LogP contribution is 2.25. The van der Waals surface area contributed by atoms with Gasteiger partial charge in [0, 0.05) is 16.3 Å². The Labute approximate surface area is 160 Å². The van der Waals surface area contributed by atoms with Gasteiger partial charge in [0.1, 0.15) is 18.0 Å². The van der Waals surface area contributed by atoms with Gasteiger partial charge in [-0.3, -0.25) is 9.59 Å². The van der Waals surface area contributed by atoms with Gasteiger partial charge in [-0.2, -0.15) is 0 Å². The van der Waals surface area contributed by atoms with Crippen molar-refractivity contribution >= 4 is 41.2 Å². The van der Waals surface area contributed by atoms with Crippen molar-refractivity contribution in [1.82, 2.24) is 10.2 Å². The number of carbonyl (C=O) groups excluding carboxylic acids is 3. The van der Waals surface area contributed by atoms with Gasteiger partial charge in [0.15, 0.2) is 0 Å². The van der Waals surface area contributed by atoms with Crippen LogP contribution in [0.15, 0.2) is 48.2 Å². The standard InChI is InChI=1S/C19H16ClN3O4/c1-11-2-5-14(6-3-11)21-17(25)10-23-18(26)15(22-19(23)27)9-12-8-13(20)4-7-16(12)24/h2-9,24H,10H2,1H3,(H,21,25)(H,22,27). The average molecular weight is 386 g/mol. The van der Waals surface area contributed by atoms with Gasteiger partial charge in [0.2, 0.25) is 5.91 Å². The molecule has 27 heavy (non-hydrogen) atoms. The molecule has 1 fully saturated rings. The number of amides is 4. The molecule has 0 atom stereocenters. The van der Waals surface area contributed by atoms with Crippen molar-refractivity contribution in [1.29, 1.82) is 0 Å². The zero-order chi connectivity index (χ0) is 19.6. The second kappa shape index (κ2) is 7.51. The molecule has 0 bridgehead atoms. The van der Waals surface area contributed by atoms with Gasteiger partial charge in [-0.15, -0.1) is 0 Å². The van der Waals surface area contributed by atoms with Gasteiger partial charge in [-0.1, -0.05) is 29.3 Å². The fraction of sp³-hybridized carbons (Fsp3) is 0.105. The number of phenolic OH excluding ortho intramolecular Hbond substituents is 1. The van der Waals surface area contributed by atoms with Crippen molar-refractivity contribution in [2.24, 2.45) is 0 Å². The molecule has 0 aromatic heterocycles. The Morgan fingerprint density at radius 1 is 1.22 bits per heavy atom. The van der Waals surface area contributed by atoms with Crippen molar-refractivity contribution in [3.05, 3.63) is 64.3 Å². The third-order valence-electron chi connectivity index (χ3n) is 3.89. The number of carbonyl (C=O) groups is 3. The van der Waals surface area contributed by atoms with Crippen molar-refractivity contribution in [2.45, 2.75) is 6.92 Å². The largest absolute Gasteiger partial charge is 0.507 e. The van der Waals surface area contributed by atoms with E-state index in [0.29, 0.717) is 10.7 Å². The molecule has 7 nitrogen and oxygen atoms in total. The SMILES string of the molecule is Cc1ccc(NC(=O)CN2C(=O)NC(=Cc3cc(Cl)ccc3O)C2=O)cc1. The number of benzene rings is 2. The lowest BCUT2D eigenvalue weighted by atomic mass is 10.1. The summed E-state index contributed by atoms with van der Waals surface area (Å²) in [7, 11) is 0. The van der Waals surface area contributed by atoms with E-state index in [1.54, 1.807) is 12.1 Å². The smallest absolute Gasteiger partial charge is 0.329 e. The number of aryl methyl sites for hydroxylation is 1. The first kappa shape index (κ1) is 18.5. The van der Waals surface area contributed by atoms with Crippen LogP contribution in [-0.2, 0) is 9.59 Å². The van der Waals surface area contributed by atoms with Gasteiger partial charge in [-0.25, -0.2) is 9.69 Å². The third-order valence-corrected chi connectivity index (χ3v) is 4.12. The van der Waals surface area contributed by atoms with E-state index in [0.717, 1.165) is 10.5 Å². The zero-order valence-corrected chi connectivity index (χ0v) is 15.1. The number of aromatic hydroxyl groups is 1. The van der Waals surface area contributed by atoms with Crippen LogP contribution in [-0.4, -0.2) is 34.4 Å². The summed E-state index contributed by atoms with van der Waals surface area (Å²) < 4.78 is 0. The zero-order valence-electron chi connectivity index (χ0n) is 14.3. The van der Waals surface area contributed by atoms with Crippen LogP contribution in [0.25, 0.3) is 6.08 Å². The number of nitrogens with zero attached hydrogens (tertiary/aromatic N) is 1. The molecule has 0 unspecified atom stereocenters. The van der Waals surface area contributed by atoms with Crippen LogP contribution in [0.4, 0.5) is 10.5 Å².